The van der Waals surface area contributed by atoms with E-state index in [0.717, 1.165) is 13.1 Å². The molecule has 3 heteroatoms. The van der Waals surface area contributed by atoms with Gasteiger partial charge in [0.15, 0.2) is 0 Å². The molecule has 2 heterocycles. The smallest absolute Gasteiger partial charge is 0.0476 e. The quantitative estimate of drug-likeness (QED) is 0.924. The first kappa shape index (κ1) is 14.9. The van der Waals surface area contributed by atoms with Crippen LogP contribution in [0.5, 0.6) is 0 Å². The number of rotatable bonds is 4. The number of fused-ring (bicyclic) bond motifs is 1. The van der Waals surface area contributed by atoms with E-state index < -0.39 is 0 Å². The van der Waals surface area contributed by atoms with Crippen molar-refractivity contribution in [3.63, 3.8) is 0 Å². The highest BCUT2D eigenvalue weighted by atomic mass is 15.2. The second kappa shape index (κ2) is 5.98. The van der Waals surface area contributed by atoms with Crippen molar-refractivity contribution in [2.75, 3.05) is 25.0 Å². The van der Waals surface area contributed by atoms with Gasteiger partial charge in [0.25, 0.3) is 0 Å². The normalized spacial score (nSPS) is 27.1. The van der Waals surface area contributed by atoms with Gasteiger partial charge in [-0.3, -0.25) is 4.90 Å². The van der Waals surface area contributed by atoms with Gasteiger partial charge in [0, 0.05) is 44.0 Å². The number of benzene rings is 1. The number of nitrogens with zero attached hydrogens (tertiary/aromatic N) is 2. The van der Waals surface area contributed by atoms with Crippen molar-refractivity contribution in [3.8, 4) is 0 Å². The Bertz CT molecular complexity index is 499. The van der Waals surface area contributed by atoms with Gasteiger partial charge in [-0.25, -0.2) is 0 Å². The summed E-state index contributed by atoms with van der Waals surface area (Å²) in [6.45, 7) is 6.53. The average Bonchev–Trinajstić information content (AvgIpc) is 3.04. The van der Waals surface area contributed by atoms with Gasteiger partial charge in [-0.05, 0) is 49.8 Å². The molecule has 2 N–H and O–H groups in total. The van der Waals surface area contributed by atoms with Crippen LogP contribution in [-0.2, 0) is 6.42 Å². The summed E-state index contributed by atoms with van der Waals surface area (Å²) in [4.78, 5) is 5.03. The van der Waals surface area contributed by atoms with Gasteiger partial charge in [0.05, 0.1) is 0 Å². The lowest BCUT2D eigenvalue weighted by molar-refractivity contribution is 0.137. The van der Waals surface area contributed by atoms with E-state index in [2.05, 4.69) is 48.9 Å². The number of hydrogen-bond acceptors (Lipinski definition) is 3. The minimum absolute atomic E-state index is 0.378. The summed E-state index contributed by atoms with van der Waals surface area (Å²) in [6.07, 6.45) is 5.03. The Morgan fingerprint density at radius 1 is 1.33 bits per heavy atom. The lowest BCUT2D eigenvalue weighted by atomic mass is 9.99. The summed E-state index contributed by atoms with van der Waals surface area (Å²) >= 11 is 0. The van der Waals surface area contributed by atoms with Gasteiger partial charge in [0.2, 0.25) is 0 Å². The molecule has 0 aliphatic carbocycles. The summed E-state index contributed by atoms with van der Waals surface area (Å²) in [6, 6.07) is 8.74. The van der Waals surface area contributed by atoms with Crippen molar-refractivity contribution in [3.05, 3.63) is 29.3 Å². The van der Waals surface area contributed by atoms with Crippen molar-refractivity contribution in [1.29, 1.82) is 0 Å². The highest BCUT2D eigenvalue weighted by molar-refractivity contribution is 5.58. The van der Waals surface area contributed by atoms with Crippen LogP contribution < -0.4 is 10.6 Å². The van der Waals surface area contributed by atoms with Gasteiger partial charge in [0.1, 0.15) is 0 Å². The van der Waals surface area contributed by atoms with E-state index in [0.29, 0.717) is 18.1 Å². The maximum absolute atomic E-state index is 6.18. The Morgan fingerprint density at radius 3 is 2.86 bits per heavy atom. The molecule has 3 rings (SSSR count). The largest absolute Gasteiger partial charge is 0.374 e. The number of anilines is 1. The molecule has 3 unspecified atom stereocenters. The Morgan fingerprint density at radius 2 is 2.14 bits per heavy atom. The fourth-order valence-corrected chi connectivity index (χ4v) is 4.29. The molecule has 1 aromatic carbocycles. The number of nitrogens with two attached hydrogens (primary N) is 1. The average molecular weight is 287 g/mol. The molecule has 0 saturated carbocycles. The zero-order chi connectivity index (χ0) is 15.0. The second-order valence-electron chi connectivity index (χ2n) is 6.75. The summed E-state index contributed by atoms with van der Waals surface area (Å²) in [7, 11) is 2.18. The molecule has 0 spiro atoms. The molecule has 0 bridgehead atoms. The Kier molecular flexibility index (Phi) is 4.23. The standard InChI is InChI=1S/C18H29N3/c1-4-16-7-5-13(2)21(16)18(12-19)14-6-8-17-15(11-14)9-10-20(17)3/h6,8,11,13,16,18H,4-5,7,9-10,12,19H2,1-3H3. The maximum Gasteiger partial charge on any atom is 0.0476 e. The van der Waals surface area contributed by atoms with E-state index in [4.69, 9.17) is 5.73 Å². The van der Waals surface area contributed by atoms with Crippen LogP contribution in [0.3, 0.4) is 0 Å². The Labute approximate surface area is 129 Å². The van der Waals surface area contributed by atoms with Crippen molar-refractivity contribution in [2.24, 2.45) is 5.73 Å². The zero-order valence-electron chi connectivity index (χ0n) is 13.7. The molecule has 3 nitrogen and oxygen atoms in total. The van der Waals surface area contributed by atoms with Crippen LogP contribution in [0.4, 0.5) is 5.69 Å². The Balaban J connectivity index is 1.90. The second-order valence-corrected chi connectivity index (χ2v) is 6.75. The number of hydrogen-bond donors (Lipinski definition) is 1. The van der Waals surface area contributed by atoms with Crippen molar-refractivity contribution < 1.29 is 0 Å². The predicted octanol–water partition coefficient (Wildman–Crippen LogP) is 2.94. The van der Waals surface area contributed by atoms with E-state index >= 15 is 0 Å². The third-order valence-electron chi connectivity index (χ3n) is 5.52. The van der Waals surface area contributed by atoms with Crippen molar-refractivity contribution in [2.45, 2.75) is 57.7 Å². The van der Waals surface area contributed by atoms with Crippen LogP contribution in [0.25, 0.3) is 0 Å². The van der Waals surface area contributed by atoms with Crippen LogP contribution in [0.2, 0.25) is 0 Å². The van der Waals surface area contributed by atoms with Crippen LogP contribution in [0, 0.1) is 0 Å². The monoisotopic (exact) mass is 287 g/mol. The Hall–Kier alpha value is -1.06. The fourth-order valence-electron chi connectivity index (χ4n) is 4.29. The molecule has 2 aliphatic heterocycles. The van der Waals surface area contributed by atoms with Gasteiger partial charge in [-0.1, -0.05) is 19.1 Å². The van der Waals surface area contributed by atoms with Gasteiger partial charge >= 0.3 is 0 Å². The third-order valence-corrected chi connectivity index (χ3v) is 5.52. The molecule has 1 aromatic rings. The summed E-state index contributed by atoms with van der Waals surface area (Å²) in [5, 5.41) is 0. The molecule has 1 saturated heterocycles. The van der Waals surface area contributed by atoms with Crippen molar-refractivity contribution >= 4 is 5.69 Å². The first-order valence-corrected chi connectivity index (χ1v) is 8.47. The highest BCUT2D eigenvalue weighted by Crippen LogP contribution is 2.37. The summed E-state index contributed by atoms with van der Waals surface area (Å²) in [5.74, 6) is 0. The lowest BCUT2D eigenvalue weighted by Crippen LogP contribution is -2.41. The minimum Gasteiger partial charge on any atom is -0.374 e. The fraction of sp³-hybridized carbons (Fsp3) is 0.667. The molecule has 0 aromatic heterocycles. The van der Waals surface area contributed by atoms with E-state index in [1.807, 2.05) is 0 Å². The van der Waals surface area contributed by atoms with E-state index in [1.165, 1.54) is 42.5 Å². The SMILES string of the molecule is CCC1CCC(C)N1C(CN)c1ccc2c(c1)CCN2C. The van der Waals surface area contributed by atoms with E-state index in [-0.39, 0.29) is 0 Å². The molecular weight excluding hydrogens is 258 g/mol. The molecule has 2 aliphatic rings. The summed E-state index contributed by atoms with van der Waals surface area (Å²) in [5.41, 5.74) is 10.5. The van der Waals surface area contributed by atoms with Gasteiger partial charge < -0.3 is 10.6 Å². The molecule has 3 atom stereocenters. The molecule has 21 heavy (non-hydrogen) atoms. The van der Waals surface area contributed by atoms with Gasteiger partial charge in [-0.15, -0.1) is 0 Å². The predicted molar refractivity (Wildman–Crippen MR) is 89.8 cm³/mol. The van der Waals surface area contributed by atoms with Crippen LogP contribution in [0.15, 0.2) is 18.2 Å². The third kappa shape index (κ3) is 2.58. The van der Waals surface area contributed by atoms with Crippen molar-refractivity contribution in [1.82, 2.24) is 4.90 Å². The molecular formula is C18H29N3. The maximum atomic E-state index is 6.18. The topological polar surface area (TPSA) is 32.5 Å². The van der Waals surface area contributed by atoms with E-state index in [1.54, 1.807) is 0 Å². The van der Waals surface area contributed by atoms with E-state index in [9.17, 15) is 0 Å². The number of likely N-dealkylation sites (tertiary alicyclic amines) is 1. The molecule has 116 valence electrons. The first-order valence-electron chi connectivity index (χ1n) is 8.47. The minimum atomic E-state index is 0.378. The van der Waals surface area contributed by atoms with Crippen LogP contribution >= 0.6 is 0 Å². The zero-order valence-corrected chi connectivity index (χ0v) is 13.7. The number of likely N-dealkylation sites (N-methyl/N-ethyl adjacent to an activating group) is 1. The summed E-state index contributed by atoms with van der Waals surface area (Å²) < 4.78 is 0. The molecule has 0 amide bonds. The van der Waals surface area contributed by atoms with Crippen LogP contribution in [-0.4, -0.2) is 37.1 Å². The first-order chi connectivity index (χ1) is 10.2. The highest BCUT2D eigenvalue weighted by Gasteiger charge is 2.35. The molecule has 1 fully saturated rings. The molecule has 0 radical (unpaired) electrons. The van der Waals surface area contributed by atoms with Crippen LogP contribution in [0.1, 0.15) is 50.3 Å². The van der Waals surface area contributed by atoms with Gasteiger partial charge in [-0.2, -0.15) is 0 Å². The lowest BCUT2D eigenvalue weighted by Gasteiger charge is -2.36.